The Morgan fingerprint density at radius 1 is 1.29 bits per heavy atom. The Kier molecular flexibility index (Phi) is 7.97. The molecule has 9 heteroatoms. The van der Waals surface area contributed by atoms with E-state index in [1.54, 1.807) is 0 Å². The number of nitrogens with one attached hydrogen (secondary N) is 1. The molecule has 0 bridgehead atoms. The van der Waals surface area contributed by atoms with Gasteiger partial charge in [0.15, 0.2) is 0 Å². The van der Waals surface area contributed by atoms with E-state index in [4.69, 9.17) is 5.11 Å². The SMILES string of the molecule is O=S(=O)(NCCCCO)C(F)(F)F.[H-].[Li+]. The summed E-state index contributed by atoms with van der Waals surface area (Å²) in [6.07, 6.45) is 0.437. The predicted molar refractivity (Wildman–Crippen MR) is 40.4 cm³/mol. The topological polar surface area (TPSA) is 66.4 Å². The van der Waals surface area contributed by atoms with Crippen molar-refractivity contribution < 1.29 is 47.0 Å². The van der Waals surface area contributed by atoms with Crippen molar-refractivity contribution in [1.82, 2.24) is 4.72 Å². The fraction of sp³-hybridized carbons (Fsp3) is 1.00. The number of aliphatic hydroxyl groups is 1. The normalized spacial score (nSPS) is 12.3. The van der Waals surface area contributed by atoms with Gasteiger partial charge in [0.1, 0.15) is 0 Å². The molecule has 2 N–H and O–H groups in total. The van der Waals surface area contributed by atoms with Crippen molar-refractivity contribution in [3.05, 3.63) is 0 Å². The molecule has 0 aromatic heterocycles. The first kappa shape index (κ1) is 16.7. The fourth-order valence-electron chi connectivity index (χ4n) is 0.525. The second-order valence-corrected chi connectivity index (χ2v) is 4.03. The van der Waals surface area contributed by atoms with Gasteiger partial charge in [-0.15, -0.1) is 0 Å². The zero-order valence-corrected chi connectivity index (χ0v) is 8.45. The smallest absolute Gasteiger partial charge is 1.00 e. The molecule has 0 aliphatic carbocycles. The van der Waals surface area contributed by atoms with Gasteiger partial charge in [0, 0.05) is 13.2 Å². The van der Waals surface area contributed by atoms with Crippen LogP contribution in [0, 0.1) is 0 Å². The van der Waals surface area contributed by atoms with Gasteiger partial charge in [-0.3, -0.25) is 0 Å². The Balaban J connectivity index is -0.000000720. The molecule has 0 aromatic rings. The molecular formula is C5H11F3LiNO3S. The van der Waals surface area contributed by atoms with E-state index in [-0.39, 0.29) is 46.3 Å². The largest absolute Gasteiger partial charge is 1.00 e. The Morgan fingerprint density at radius 2 is 1.79 bits per heavy atom. The van der Waals surface area contributed by atoms with Gasteiger partial charge >= 0.3 is 34.4 Å². The molecule has 0 unspecified atom stereocenters. The number of sulfonamides is 1. The minimum Gasteiger partial charge on any atom is -1.00 e. The predicted octanol–water partition coefficient (Wildman–Crippen LogP) is -2.69. The molecule has 0 aliphatic rings. The van der Waals surface area contributed by atoms with E-state index in [1.165, 1.54) is 4.72 Å². The average Bonchev–Trinajstić information content (AvgIpc) is 1.96. The molecule has 0 atom stereocenters. The van der Waals surface area contributed by atoms with Crippen LogP contribution in [0.2, 0.25) is 0 Å². The van der Waals surface area contributed by atoms with Crippen LogP contribution < -0.4 is 23.6 Å². The summed E-state index contributed by atoms with van der Waals surface area (Å²) in [6.45, 7) is -0.490. The van der Waals surface area contributed by atoms with Crippen molar-refractivity contribution in [2.45, 2.75) is 18.3 Å². The number of rotatable bonds is 5. The van der Waals surface area contributed by atoms with Crippen LogP contribution in [0.5, 0.6) is 0 Å². The van der Waals surface area contributed by atoms with Crippen LogP contribution in [0.15, 0.2) is 0 Å². The summed E-state index contributed by atoms with van der Waals surface area (Å²) in [5.41, 5.74) is -5.26. The molecule has 0 spiro atoms. The second kappa shape index (κ2) is 6.69. The molecule has 14 heavy (non-hydrogen) atoms. The molecule has 0 fully saturated rings. The molecule has 0 aliphatic heterocycles. The van der Waals surface area contributed by atoms with Crippen molar-refractivity contribution in [3.8, 4) is 0 Å². The Bertz CT molecular complexity index is 246. The molecule has 0 rings (SSSR count). The monoisotopic (exact) mass is 229 g/mol. The van der Waals surface area contributed by atoms with Crippen LogP contribution in [0.25, 0.3) is 0 Å². The molecule has 82 valence electrons. The van der Waals surface area contributed by atoms with E-state index in [2.05, 4.69) is 0 Å². The molecular weight excluding hydrogens is 218 g/mol. The summed E-state index contributed by atoms with van der Waals surface area (Å²) in [4.78, 5) is 0. The summed E-state index contributed by atoms with van der Waals surface area (Å²) < 4.78 is 56.9. The van der Waals surface area contributed by atoms with Gasteiger partial charge < -0.3 is 6.53 Å². The third-order valence-corrected chi connectivity index (χ3v) is 2.38. The number of halogens is 3. The maximum atomic E-state index is 11.6. The van der Waals surface area contributed by atoms with Crippen LogP contribution in [-0.4, -0.2) is 32.2 Å². The van der Waals surface area contributed by atoms with Gasteiger partial charge in [0.05, 0.1) is 0 Å². The van der Waals surface area contributed by atoms with Gasteiger partial charge in [-0.2, -0.15) is 13.2 Å². The zero-order chi connectivity index (χ0) is 10.5. The summed E-state index contributed by atoms with van der Waals surface area (Å²) in [6, 6.07) is 0. The standard InChI is InChI=1S/C5H10F3NO3S.Li.H/c6-5(7,8)13(11,12)9-3-1-2-4-10;;/h9-10H,1-4H2;;/q;+1;-1. The van der Waals surface area contributed by atoms with Crippen molar-refractivity contribution in [1.29, 1.82) is 0 Å². The first-order valence-corrected chi connectivity index (χ1v) is 4.96. The zero-order valence-electron chi connectivity index (χ0n) is 8.63. The van der Waals surface area contributed by atoms with Crippen molar-refractivity contribution in [2.24, 2.45) is 0 Å². The summed E-state index contributed by atoms with van der Waals surface area (Å²) in [7, 11) is -5.21. The van der Waals surface area contributed by atoms with Crippen molar-refractivity contribution >= 4 is 10.0 Å². The Hall–Kier alpha value is 0.257. The van der Waals surface area contributed by atoms with Crippen LogP contribution in [-0.2, 0) is 10.0 Å². The van der Waals surface area contributed by atoms with Gasteiger partial charge in [-0.1, -0.05) is 0 Å². The van der Waals surface area contributed by atoms with E-state index >= 15 is 0 Å². The van der Waals surface area contributed by atoms with Crippen LogP contribution in [0.1, 0.15) is 14.3 Å². The van der Waals surface area contributed by atoms with Crippen molar-refractivity contribution in [2.75, 3.05) is 13.2 Å². The van der Waals surface area contributed by atoms with E-state index < -0.39 is 15.5 Å². The molecule has 0 saturated heterocycles. The van der Waals surface area contributed by atoms with Crippen LogP contribution >= 0.6 is 0 Å². The molecule has 0 heterocycles. The van der Waals surface area contributed by atoms with Gasteiger partial charge in [0.25, 0.3) is 0 Å². The molecule has 0 saturated carbocycles. The van der Waals surface area contributed by atoms with E-state index in [0.29, 0.717) is 0 Å². The van der Waals surface area contributed by atoms with E-state index in [0.717, 1.165) is 0 Å². The van der Waals surface area contributed by atoms with E-state index in [1.807, 2.05) is 0 Å². The molecule has 0 amide bonds. The summed E-state index contributed by atoms with van der Waals surface area (Å²) >= 11 is 0. The number of unbranched alkanes of at least 4 members (excludes halogenated alkanes) is 1. The minimum atomic E-state index is -5.26. The molecule has 0 radical (unpaired) electrons. The van der Waals surface area contributed by atoms with E-state index in [9.17, 15) is 21.6 Å². The molecule has 0 aromatic carbocycles. The first-order valence-electron chi connectivity index (χ1n) is 3.48. The number of aliphatic hydroxyl groups excluding tert-OH is 1. The Labute approximate surface area is 93.6 Å². The first-order chi connectivity index (χ1) is 5.81. The maximum Gasteiger partial charge on any atom is 1.00 e. The number of hydrogen-bond donors (Lipinski definition) is 2. The van der Waals surface area contributed by atoms with Gasteiger partial charge in [-0.05, 0) is 12.8 Å². The minimum absolute atomic E-state index is 0. The van der Waals surface area contributed by atoms with Crippen LogP contribution in [0.3, 0.4) is 0 Å². The number of alkyl halides is 3. The third-order valence-electron chi connectivity index (χ3n) is 1.18. The average molecular weight is 229 g/mol. The van der Waals surface area contributed by atoms with Crippen LogP contribution in [0.4, 0.5) is 13.2 Å². The quantitative estimate of drug-likeness (QED) is 0.398. The van der Waals surface area contributed by atoms with Gasteiger partial charge in [0.2, 0.25) is 0 Å². The third kappa shape index (κ3) is 5.88. The molecule has 4 nitrogen and oxygen atoms in total. The Morgan fingerprint density at radius 3 is 2.14 bits per heavy atom. The summed E-state index contributed by atoms with van der Waals surface area (Å²) in [5, 5.41) is 8.26. The summed E-state index contributed by atoms with van der Waals surface area (Å²) in [5.74, 6) is 0. The van der Waals surface area contributed by atoms with Crippen molar-refractivity contribution in [3.63, 3.8) is 0 Å². The van der Waals surface area contributed by atoms with Gasteiger partial charge in [-0.25, -0.2) is 13.1 Å². The fourth-order valence-corrected chi connectivity index (χ4v) is 1.10. The second-order valence-electron chi connectivity index (χ2n) is 2.27. The maximum absolute atomic E-state index is 11.6. The number of hydrogen-bond acceptors (Lipinski definition) is 3.